The standard InChI is InChI=1S/C50H84NO10P/c1-3-5-7-9-11-13-15-17-19-20-21-22-23-24-25-26-28-29-31-33-35-37-39-41-48(53)51-47(50(55)56)45-61-62(57,58)60-44-46(52)43-59-49(54)42-40-38-36-34-32-30-27-18-16-14-12-10-8-6-4-2/h6,8,11-14,17-19,21-22,27,32,34,46-47,52H,3-5,7,9-10,15-16,20,23-26,28-31,33,35-45H2,1-2H3,(H,51,53)(H,55,56)(H,57,58)/b8-6-,13-11-,14-12-,19-17-,22-21-,27-18-,34-32-. The molecule has 0 aromatic heterocycles. The maximum atomic E-state index is 12.4. The number of aliphatic carboxylic acids is 1. The van der Waals surface area contributed by atoms with Crippen LogP contribution in [-0.2, 0) is 32.7 Å². The van der Waals surface area contributed by atoms with Crippen LogP contribution in [0.1, 0.15) is 181 Å². The Morgan fingerprint density at radius 3 is 1.42 bits per heavy atom. The number of ether oxygens (including phenoxy) is 1. The van der Waals surface area contributed by atoms with Crippen molar-refractivity contribution in [3.05, 3.63) is 85.1 Å². The molecule has 0 spiro atoms. The maximum absolute atomic E-state index is 12.4. The van der Waals surface area contributed by atoms with E-state index >= 15 is 0 Å². The van der Waals surface area contributed by atoms with Gasteiger partial charge in [-0.2, -0.15) is 0 Å². The zero-order valence-electron chi connectivity index (χ0n) is 38.4. The normalized spacial score (nSPS) is 14.4. The second-order valence-electron chi connectivity index (χ2n) is 15.6. The number of carboxylic acids is 1. The first kappa shape index (κ1) is 58.7. The Balaban J connectivity index is 3.92. The van der Waals surface area contributed by atoms with E-state index in [1.807, 2.05) is 0 Å². The van der Waals surface area contributed by atoms with E-state index in [1.54, 1.807) is 0 Å². The number of carboxylic acid groups (broad SMARTS) is 1. The van der Waals surface area contributed by atoms with Gasteiger partial charge in [-0.05, 0) is 89.9 Å². The number of phosphoric ester groups is 1. The number of phosphoric acid groups is 1. The fourth-order valence-corrected chi connectivity index (χ4v) is 6.79. The largest absolute Gasteiger partial charge is 0.480 e. The number of amides is 1. The third-order valence-electron chi connectivity index (χ3n) is 9.67. The molecule has 4 N–H and O–H groups in total. The van der Waals surface area contributed by atoms with Gasteiger partial charge in [0.25, 0.3) is 0 Å². The van der Waals surface area contributed by atoms with Gasteiger partial charge in [0, 0.05) is 12.8 Å². The van der Waals surface area contributed by atoms with Crippen molar-refractivity contribution in [1.29, 1.82) is 0 Å². The van der Waals surface area contributed by atoms with Gasteiger partial charge in [-0.1, -0.05) is 163 Å². The zero-order valence-corrected chi connectivity index (χ0v) is 39.3. The quantitative estimate of drug-likeness (QED) is 0.0200. The number of carbonyl (C=O) groups excluding carboxylic acids is 2. The fourth-order valence-electron chi connectivity index (χ4n) is 6.02. The summed E-state index contributed by atoms with van der Waals surface area (Å²) in [5.41, 5.74) is 0. The third-order valence-corrected chi connectivity index (χ3v) is 10.6. The Labute approximate surface area is 375 Å². The van der Waals surface area contributed by atoms with Gasteiger partial charge in [0.1, 0.15) is 12.7 Å². The molecular weight excluding hydrogens is 806 g/mol. The lowest BCUT2D eigenvalue weighted by Gasteiger charge is -2.18. The van der Waals surface area contributed by atoms with Crippen LogP contribution in [0, 0.1) is 0 Å². The molecule has 0 aliphatic heterocycles. The van der Waals surface area contributed by atoms with Crippen LogP contribution in [0.4, 0.5) is 0 Å². The molecule has 0 radical (unpaired) electrons. The summed E-state index contributed by atoms with van der Waals surface area (Å²) >= 11 is 0. The molecule has 0 rings (SSSR count). The van der Waals surface area contributed by atoms with Crippen LogP contribution in [0.3, 0.4) is 0 Å². The summed E-state index contributed by atoms with van der Waals surface area (Å²) < 4.78 is 26.8. The molecule has 0 saturated heterocycles. The Morgan fingerprint density at radius 1 is 0.532 bits per heavy atom. The van der Waals surface area contributed by atoms with Crippen molar-refractivity contribution < 1.29 is 47.8 Å². The topological polar surface area (TPSA) is 169 Å². The van der Waals surface area contributed by atoms with E-state index in [-0.39, 0.29) is 12.8 Å². The van der Waals surface area contributed by atoms with Crippen molar-refractivity contribution in [2.45, 2.75) is 193 Å². The highest BCUT2D eigenvalue weighted by molar-refractivity contribution is 7.47. The van der Waals surface area contributed by atoms with Crippen molar-refractivity contribution in [2.75, 3.05) is 19.8 Å². The summed E-state index contributed by atoms with van der Waals surface area (Å²) in [6, 6.07) is -1.56. The van der Waals surface area contributed by atoms with E-state index in [0.717, 1.165) is 83.5 Å². The monoisotopic (exact) mass is 890 g/mol. The molecule has 11 nitrogen and oxygen atoms in total. The van der Waals surface area contributed by atoms with Crippen LogP contribution in [0.25, 0.3) is 0 Å². The van der Waals surface area contributed by atoms with Crippen LogP contribution in [0.15, 0.2) is 85.1 Å². The van der Waals surface area contributed by atoms with E-state index in [2.05, 4.69) is 104 Å². The molecule has 0 bridgehead atoms. The average Bonchev–Trinajstić information content (AvgIpc) is 3.25. The van der Waals surface area contributed by atoms with Crippen molar-refractivity contribution in [1.82, 2.24) is 5.32 Å². The zero-order chi connectivity index (χ0) is 45.6. The molecule has 3 atom stereocenters. The Kier molecular flexibility index (Phi) is 41.9. The molecule has 354 valence electrons. The van der Waals surface area contributed by atoms with Crippen LogP contribution >= 0.6 is 7.82 Å². The lowest BCUT2D eigenvalue weighted by molar-refractivity contribution is -0.147. The minimum Gasteiger partial charge on any atom is -0.480 e. The molecular formula is C50H84NO10P. The Hall–Kier alpha value is -3.34. The third kappa shape index (κ3) is 43.3. The van der Waals surface area contributed by atoms with Gasteiger partial charge in [0.05, 0.1) is 13.2 Å². The van der Waals surface area contributed by atoms with E-state index in [9.17, 15) is 34.1 Å². The minimum atomic E-state index is -4.77. The lowest BCUT2D eigenvalue weighted by atomic mass is 10.0. The van der Waals surface area contributed by atoms with E-state index < -0.39 is 57.6 Å². The number of aliphatic hydroxyl groups is 1. The first-order valence-electron chi connectivity index (χ1n) is 23.6. The highest BCUT2D eigenvalue weighted by Gasteiger charge is 2.28. The van der Waals surface area contributed by atoms with Gasteiger partial charge in [0.2, 0.25) is 5.91 Å². The summed E-state index contributed by atoms with van der Waals surface area (Å²) in [5.74, 6) is -2.43. The predicted molar refractivity (Wildman–Crippen MR) is 254 cm³/mol. The van der Waals surface area contributed by atoms with Crippen LogP contribution in [0.2, 0.25) is 0 Å². The van der Waals surface area contributed by atoms with Gasteiger partial charge >= 0.3 is 19.8 Å². The maximum Gasteiger partial charge on any atom is 0.472 e. The molecule has 62 heavy (non-hydrogen) atoms. The fraction of sp³-hybridized carbons (Fsp3) is 0.660. The number of esters is 1. The number of hydrogen-bond donors (Lipinski definition) is 4. The number of aliphatic hydroxyl groups excluding tert-OH is 1. The molecule has 0 aliphatic rings. The number of allylic oxidation sites excluding steroid dienone is 14. The van der Waals surface area contributed by atoms with Crippen molar-refractivity contribution in [2.24, 2.45) is 0 Å². The predicted octanol–water partition coefficient (Wildman–Crippen LogP) is 12.7. The van der Waals surface area contributed by atoms with E-state index in [0.29, 0.717) is 12.8 Å². The summed E-state index contributed by atoms with van der Waals surface area (Å²) in [6.45, 7) is 2.40. The van der Waals surface area contributed by atoms with Crippen LogP contribution in [-0.4, -0.2) is 64.9 Å². The Bertz CT molecular complexity index is 1370. The van der Waals surface area contributed by atoms with Crippen molar-refractivity contribution in [3.8, 4) is 0 Å². The number of hydrogen-bond acceptors (Lipinski definition) is 8. The van der Waals surface area contributed by atoms with Crippen LogP contribution < -0.4 is 5.32 Å². The smallest absolute Gasteiger partial charge is 0.472 e. The lowest BCUT2D eigenvalue weighted by Crippen LogP contribution is -2.43. The molecule has 0 fully saturated rings. The molecule has 0 aromatic rings. The molecule has 3 unspecified atom stereocenters. The molecule has 12 heteroatoms. The number of carbonyl (C=O) groups is 3. The second kappa shape index (κ2) is 44.3. The molecule has 0 heterocycles. The van der Waals surface area contributed by atoms with Gasteiger partial charge < -0.3 is 25.2 Å². The van der Waals surface area contributed by atoms with Crippen molar-refractivity contribution >= 4 is 25.7 Å². The number of unbranched alkanes of at least 4 members (excludes halogenated alkanes) is 15. The number of rotatable bonds is 43. The number of nitrogens with one attached hydrogen (secondary N) is 1. The Morgan fingerprint density at radius 2 is 0.935 bits per heavy atom. The highest BCUT2D eigenvalue weighted by Crippen LogP contribution is 2.43. The van der Waals surface area contributed by atoms with Gasteiger partial charge in [-0.3, -0.25) is 18.6 Å². The second-order valence-corrected chi connectivity index (χ2v) is 17.0. The van der Waals surface area contributed by atoms with Gasteiger partial charge in [-0.25, -0.2) is 9.36 Å². The SMILES string of the molecule is CC/C=C\C/C=C\C/C=C\C/C=C\CCCCC(=O)OCC(O)COP(=O)(O)OCC(NC(=O)CCCCCCCCCCCC/C=C\C/C=C\C/C=C\CCCCC)C(=O)O. The molecule has 0 aromatic carbocycles. The first-order valence-corrected chi connectivity index (χ1v) is 25.1. The molecule has 1 amide bonds. The first-order chi connectivity index (χ1) is 30.1. The minimum absolute atomic E-state index is 0.133. The summed E-state index contributed by atoms with van der Waals surface area (Å²) in [4.78, 5) is 46.0. The van der Waals surface area contributed by atoms with E-state index in [1.165, 1.54) is 57.8 Å². The average molecular weight is 890 g/mol. The van der Waals surface area contributed by atoms with Crippen LogP contribution in [0.5, 0.6) is 0 Å². The molecule has 0 saturated carbocycles. The summed E-state index contributed by atoms with van der Waals surface area (Å²) in [5, 5.41) is 21.9. The van der Waals surface area contributed by atoms with Gasteiger partial charge in [0.15, 0.2) is 6.04 Å². The van der Waals surface area contributed by atoms with E-state index in [4.69, 9.17) is 13.8 Å². The van der Waals surface area contributed by atoms with Gasteiger partial charge in [-0.15, -0.1) is 0 Å². The summed E-state index contributed by atoms with van der Waals surface area (Å²) in [7, 11) is -4.77. The van der Waals surface area contributed by atoms with Crippen molar-refractivity contribution in [3.63, 3.8) is 0 Å². The molecule has 0 aliphatic carbocycles. The highest BCUT2D eigenvalue weighted by atomic mass is 31.2. The summed E-state index contributed by atoms with van der Waals surface area (Å²) in [6.07, 6.45) is 54.6.